The summed E-state index contributed by atoms with van der Waals surface area (Å²) in [6.07, 6.45) is 6.65. The number of rotatable bonds is 0. The molecule has 1 aromatic carbocycles. The molecule has 4 rings (SSSR count). The first-order valence-electron chi connectivity index (χ1n) is 8.19. The molecule has 4 heteroatoms. The first kappa shape index (κ1) is 13.8. The van der Waals surface area contributed by atoms with Gasteiger partial charge in [-0.1, -0.05) is 36.4 Å². The van der Waals surface area contributed by atoms with E-state index < -0.39 is 0 Å². The molecule has 0 bridgehead atoms. The lowest BCUT2D eigenvalue weighted by Gasteiger charge is -2.41. The number of hydrogen-bond donors (Lipinski definition) is 0. The number of fused-ring (bicyclic) bond motifs is 2. The summed E-state index contributed by atoms with van der Waals surface area (Å²) in [6, 6.07) is 8.84. The molecule has 0 N–H and O–H groups in total. The largest absolute Gasteiger partial charge is 0.378 e. The number of piperidine rings is 1. The monoisotopic (exact) mass is 298 g/mol. The fourth-order valence-electron chi connectivity index (χ4n) is 3.92. The zero-order valence-electron chi connectivity index (χ0n) is 12.8. The van der Waals surface area contributed by atoms with Gasteiger partial charge in [0, 0.05) is 31.6 Å². The number of carbonyl (C=O) groups excluding carboxylic acids is 1. The SMILES string of the molecule is O=C(N1CCOCC1)N1CCC2(C=Cc3ccccc32)CC1. The lowest BCUT2D eigenvalue weighted by molar-refractivity contribution is 0.0400. The molecule has 2 amide bonds. The van der Waals surface area contributed by atoms with Crippen LogP contribution < -0.4 is 0 Å². The van der Waals surface area contributed by atoms with Crippen LogP contribution in [0.3, 0.4) is 0 Å². The molecular formula is C18H22N2O2. The van der Waals surface area contributed by atoms with Gasteiger partial charge >= 0.3 is 6.03 Å². The fourth-order valence-corrected chi connectivity index (χ4v) is 3.92. The van der Waals surface area contributed by atoms with Gasteiger partial charge in [0.25, 0.3) is 0 Å². The molecule has 22 heavy (non-hydrogen) atoms. The molecule has 2 saturated heterocycles. The lowest BCUT2D eigenvalue weighted by atomic mass is 9.74. The van der Waals surface area contributed by atoms with Gasteiger partial charge in [0.2, 0.25) is 0 Å². The number of amides is 2. The van der Waals surface area contributed by atoms with Crippen molar-refractivity contribution in [1.82, 2.24) is 9.80 Å². The highest BCUT2D eigenvalue weighted by atomic mass is 16.5. The maximum absolute atomic E-state index is 12.6. The van der Waals surface area contributed by atoms with Crippen LogP contribution >= 0.6 is 0 Å². The number of benzene rings is 1. The number of likely N-dealkylation sites (tertiary alicyclic amines) is 1. The summed E-state index contributed by atoms with van der Waals surface area (Å²) >= 11 is 0. The first-order valence-corrected chi connectivity index (χ1v) is 8.19. The Morgan fingerprint density at radius 3 is 2.45 bits per heavy atom. The molecule has 2 aliphatic heterocycles. The van der Waals surface area contributed by atoms with Crippen LogP contribution in [0.5, 0.6) is 0 Å². The van der Waals surface area contributed by atoms with Gasteiger partial charge in [-0.05, 0) is 24.0 Å². The highest BCUT2D eigenvalue weighted by Crippen LogP contribution is 2.43. The van der Waals surface area contributed by atoms with Crippen molar-refractivity contribution in [3.63, 3.8) is 0 Å². The number of morpholine rings is 1. The van der Waals surface area contributed by atoms with Crippen LogP contribution in [0.1, 0.15) is 24.0 Å². The minimum absolute atomic E-state index is 0.151. The number of urea groups is 1. The summed E-state index contributed by atoms with van der Waals surface area (Å²) in [5, 5.41) is 0. The second kappa shape index (κ2) is 5.43. The molecule has 1 spiro atoms. The Morgan fingerprint density at radius 2 is 1.68 bits per heavy atom. The summed E-state index contributed by atoms with van der Waals surface area (Å²) in [5.41, 5.74) is 2.93. The molecular weight excluding hydrogens is 276 g/mol. The van der Waals surface area contributed by atoms with Gasteiger partial charge in [-0.2, -0.15) is 0 Å². The van der Waals surface area contributed by atoms with Crippen LogP contribution in [0.15, 0.2) is 30.3 Å². The Labute approximate surface area is 131 Å². The number of carbonyl (C=O) groups is 1. The first-order chi connectivity index (χ1) is 10.8. The van der Waals surface area contributed by atoms with E-state index in [-0.39, 0.29) is 11.4 Å². The van der Waals surface area contributed by atoms with Gasteiger partial charge in [-0.15, -0.1) is 0 Å². The molecule has 116 valence electrons. The summed E-state index contributed by atoms with van der Waals surface area (Å²) in [6.45, 7) is 4.47. The van der Waals surface area contributed by atoms with Crippen molar-refractivity contribution in [3.8, 4) is 0 Å². The van der Waals surface area contributed by atoms with Crippen molar-refractivity contribution in [3.05, 3.63) is 41.5 Å². The Morgan fingerprint density at radius 1 is 1.00 bits per heavy atom. The van der Waals surface area contributed by atoms with Crippen molar-refractivity contribution in [2.45, 2.75) is 18.3 Å². The van der Waals surface area contributed by atoms with E-state index in [1.165, 1.54) is 11.1 Å². The van der Waals surface area contributed by atoms with E-state index in [2.05, 4.69) is 36.4 Å². The minimum atomic E-state index is 0.151. The summed E-state index contributed by atoms with van der Waals surface area (Å²) in [4.78, 5) is 16.5. The van der Waals surface area contributed by atoms with Crippen LogP contribution in [0.2, 0.25) is 0 Å². The molecule has 0 atom stereocenters. The van der Waals surface area contributed by atoms with Crippen LogP contribution in [-0.2, 0) is 10.2 Å². The van der Waals surface area contributed by atoms with Crippen molar-refractivity contribution < 1.29 is 9.53 Å². The highest BCUT2D eigenvalue weighted by Gasteiger charge is 2.39. The fraction of sp³-hybridized carbons (Fsp3) is 0.500. The highest BCUT2D eigenvalue weighted by molar-refractivity contribution is 5.75. The van der Waals surface area contributed by atoms with E-state index in [1.807, 2.05) is 9.80 Å². The normalized spacial score (nSPS) is 22.9. The standard InChI is InChI=1S/C18H22N2O2/c21-17(20-11-13-22-14-12-20)19-9-7-18(8-10-19)6-5-15-3-1-2-4-16(15)18/h1-6H,7-14H2. The summed E-state index contributed by atoms with van der Waals surface area (Å²) in [5.74, 6) is 0. The van der Waals surface area contributed by atoms with Gasteiger partial charge in [0.05, 0.1) is 13.2 Å². The van der Waals surface area contributed by atoms with Crippen molar-refractivity contribution in [1.29, 1.82) is 0 Å². The van der Waals surface area contributed by atoms with Gasteiger partial charge < -0.3 is 14.5 Å². The Balaban J connectivity index is 1.45. The second-order valence-corrected chi connectivity index (χ2v) is 6.45. The summed E-state index contributed by atoms with van der Waals surface area (Å²) < 4.78 is 5.33. The number of allylic oxidation sites excluding steroid dienone is 1. The van der Waals surface area contributed by atoms with E-state index >= 15 is 0 Å². The predicted octanol–water partition coefficient (Wildman–Crippen LogP) is 2.50. The zero-order chi connectivity index (χ0) is 15.0. The Hall–Kier alpha value is -1.81. The Bertz CT molecular complexity index is 597. The summed E-state index contributed by atoms with van der Waals surface area (Å²) in [7, 11) is 0. The van der Waals surface area contributed by atoms with Crippen molar-refractivity contribution >= 4 is 12.1 Å². The van der Waals surface area contributed by atoms with Gasteiger partial charge in [-0.25, -0.2) is 4.79 Å². The maximum Gasteiger partial charge on any atom is 0.320 e. The molecule has 0 unspecified atom stereocenters. The maximum atomic E-state index is 12.6. The lowest BCUT2D eigenvalue weighted by Crippen LogP contribution is -2.52. The van der Waals surface area contributed by atoms with Crippen LogP contribution in [0.4, 0.5) is 4.79 Å². The van der Waals surface area contributed by atoms with Crippen LogP contribution in [-0.4, -0.2) is 55.2 Å². The smallest absolute Gasteiger partial charge is 0.320 e. The van der Waals surface area contributed by atoms with E-state index in [0.29, 0.717) is 13.2 Å². The molecule has 2 heterocycles. The molecule has 2 fully saturated rings. The zero-order valence-corrected chi connectivity index (χ0v) is 12.8. The van der Waals surface area contributed by atoms with Crippen molar-refractivity contribution in [2.75, 3.05) is 39.4 Å². The molecule has 1 aliphatic carbocycles. The molecule has 0 saturated carbocycles. The topological polar surface area (TPSA) is 32.8 Å². The van der Waals surface area contributed by atoms with Crippen molar-refractivity contribution in [2.24, 2.45) is 0 Å². The molecule has 3 aliphatic rings. The number of hydrogen-bond acceptors (Lipinski definition) is 2. The number of nitrogens with zero attached hydrogens (tertiary/aromatic N) is 2. The van der Waals surface area contributed by atoms with E-state index in [1.54, 1.807) is 0 Å². The van der Waals surface area contributed by atoms with E-state index in [4.69, 9.17) is 4.74 Å². The third-order valence-electron chi connectivity index (χ3n) is 5.29. The average molecular weight is 298 g/mol. The van der Waals surface area contributed by atoms with Crippen LogP contribution in [0.25, 0.3) is 6.08 Å². The number of ether oxygens (including phenoxy) is 1. The van der Waals surface area contributed by atoms with E-state index in [0.717, 1.165) is 39.0 Å². The third kappa shape index (κ3) is 2.22. The molecule has 0 aromatic heterocycles. The van der Waals surface area contributed by atoms with E-state index in [9.17, 15) is 4.79 Å². The third-order valence-corrected chi connectivity index (χ3v) is 5.29. The van der Waals surface area contributed by atoms with Crippen LogP contribution in [0, 0.1) is 0 Å². The minimum Gasteiger partial charge on any atom is -0.378 e. The average Bonchev–Trinajstić information content (AvgIpc) is 2.95. The van der Waals surface area contributed by atoms with Gasteiger partial charge in [-0.3, -0.25) is 0 Å². The second-order valence-electron chi connectivity index (χ2n) is 6.45. The Kier molecular flexibility index (Phi) is 3.41. The quantitative estimate of drug-likeness (QED) is 0.737. The van der Waals surface area contributed by atoms with Gasteiger partial charge in [0.15, 0.2) is 0 Å². The van der Waals surface area contributed by atoms with Gasteiger partial charge in [0.1, 0.15) is 0 Å². The molecule has 4 nitrogen and oxygen atoms in total. The predicted molar refractivity (Wildman–Crippen MR) is 85.7 cm³/mol. The molecule has 0 radical (unpaired) electrons. The molecule has 1 aromatic rings.